The standard InChI is InChI=1S/C12H10FN3/c1-9-10(5-6-14)8-15-16(9)12-4-2-3-11(13)7-12/h2-4,7-8H,5H2,1H3. The van der Waals surface area contributed by atoms with Crippen LogP contribution in [-0.4, -0.2) is 9.78 Å². The van der Waals surface area contributed by atoms with E-state index in [0.717, 1.165) is 11.3 Å². The summed E-state index contributed by atoms with van der Waals surface area (Å²) in [5.74, 6) is -0.297. The number of aromatic nitrogens is 2. The van der Waals surface area contributed by atoms with Crippen molar-refractivity contribution in [1.82, 2.24) is 9.78 Å². The summed E-state index contributed by atoms with van der Waals surface area (Å²) < 4.78 is 14.7. The predicted molar refractivity (Wildman–Crippen MR) is 57.6 cm³/mol. The van der Waals surface area contributed by atoms with Crippen LogP contribution in [-0.2, 0) is 6.42 Å². The van der Waals surface area contributed by atoms with Crippen molar-refractivity contribution in [2.75, 3.05) is 0 Å². The van der Waals surface area contributed by atoms with Crippen LogP contribution in [0, 0.1) is 24.1 Å². The molecular formula is C12H10FN3. The van der Waals surface area contributed by atoms with Gasteiger partial charge in [0.05, 0.1) is 24.4 Å². The van der Waals surface area contributed by atoms with E-state index in [-0.39, 0.29) is 5.82 Å². The zero-order valence-electron chi connectivity index (χ0n) is 8.81. The summed E-state index contributed by atoms with van der Waals surface area (Å²) in [6.07, 6.45) is 1.96. The molecule has 0 spiro atoms. The normalized spacial score (nSPS) is 10.1. The van der Waals surface area contributed by atoms with Crippen molar-refractivity contribution in [3.05, 3.63) is 47.5 Å². The van der Waals surface area contributed by atoms with Crippen LogP contribution in [0.25, 0.3) is 5.69 Å². The van der Waals surface area contributed by atoms with Crippen molar-refractivity contribution in [3.8, 4) is 11.8 Å². The lowest BCUT2D eigenvalue weighted by Gasteiger charge is -2.04. The van der Waals surface area contributed by atoms with Gasteiger partial charge in [-0.25, -0.2) is 9.07 Å². The molecule has 0 aliphatic rings. The van der Waals surface area contributed by atoms with Gasteiger partial charge in [-0.1, -0.05) is 6.07 Å². The van der Waals surface area contributed by atoms with Gasteiger partial charge in [-0.2, -0.15) is 10.4 Å². The molecule has 1 aromatic heterocycles. The minimum atomic E-state index is -0.297. The average Bonchev–Trinajstić information content (AvgIpc) is 2.61. The van der Waals surface area contributed by atoms with Gasteiger partial charge < -0.3 is 0 Å². The highest BCUT2D eigenvalue weighted by Crippen LogP contribution is 2.15. The van der Waals surface area contributed by atoms with Crippen LogP contribution < -0.4 is 0 Å². The minimum Gasteiger partial charge on any atom is -0.238 e. The molecule has 1 aromatic carbocycles. The number of nitrogens with zero attached hydrogens (tertiary/aromatic N) is 3. The van der Waals surface area contributed by atoms with Gasteiger partial charge >= 0.3 is 0 Å². The number of nitriles is 1. The third-order valence-corrected chi connectivity index (χ3v) is 2.43. The Morgan fingerprint density at radius 1 is 1.50 bits per heavy atom. The van der Waals surface area contributed by atoms with E-state index in [9.17, 15) is 4.39 Å². The molecule has 0 aliphatic carbocycles. The molecule has 80 valence electrons. The average molecular weight is 215 g/mol. The summed E-state index contributed by atoms with van der Waals surface area (Å²) in [4.78, 5) is 0. The van der Waals surface area contributed by atoms with Crippen molar-refractivity contribution in [2.45, 2.75) is 13.3 Å². The van der Waals surface area contributed by atoms with Crippen molar-refractivity contribution in [2.24, 2.45) is 0 Å². The maximum atomic E-state index is 13.0. The first-order chi connectivity index (χ1) is 7.72. The lowest BCUT2D eigenvalue weighted by atomic mass is 10.2. The second kappa shape index (κ2) is 4.15. The van der Waals surface area contributed by atoms with Gasteiger partial charge in [0, 0.05) is 11.3 Å². The molecule has 0 radical (unpaired) electrons. The van der Waals surface area contributed by atoms with Gasteiger partial charge in [0.2, 0.25) is 0 Å². The molecule has 0 aliphatic heterocycles. The maximum Gasteiger partial charge on any atom is 0.125 e. The zero-order chi connectivity index (χ0) is 11.5. The molecule has 4 heteroatoms. The molecule has 2 rings (SSSR count). The van der Waals surface area contributed by atoms with E-state index in [1.54, 1.807) is 23.0 Å². The number of benzene rings is 1. The van der Waals surface area contributed by atoms with E-state index < -0.39 is 0 Å². The van der Waals surface area contributed by atoms with Gasteiger partial charge in [-0.05, 0) is 25.1 Å². The fraction of sp³-hybridized carbons (Fsp3) is 0.167. The highest BCUT2D eigenvalue weighted by atomic mass is 19.1. The fourth-order valence-corrected chi connectivity index (χ4v) is 1.57. The molecule has 0 saturated carbocycles. The Labute approximate surface area is 92.7 Å². The summed E-state index contributed by atoms with van der Waals surface area (Å²) in [7, 11) is 0. The number of hydrogen-bond donors (Lipinski definition) is 0. The van der Waals surface area contributed by atoms with Gasteiger partial charge in [0.15, 0.2) is 0 Å². The quantitative estimate of drug-likeness (QED) is 0.771. The van der Waals surface area contributed by atoms with E-state index >= 15 is 0 Å². The highest BCUT2D eigenvalue weighted by Gasteiger charge is 2.07. The molecule has 16 heavy (non-hydrogen) atoms. The molecule has 1 heterocycles. The third kappa shape index (κ3) is 1.80. The molecule has 0 unspecified atom stereocenters. The van der Waals surface area contributed by atoms with Crippen LogP contribution in [0.3, 0.4) is 0 Å². The molecule has 0 fully saturated rings. The van der Waals surface area contributed by atoms with Crippen LogP contribution in [0.15, 0.2) is 30.5 Å². The van der Waals surface area contributed by atoms with E-state index in [2.05, 4.69) is 11.2 Å². The monoisotopic (exact) mass is 215 g/mol. The molecule has 0 bridgehead atoms. The molecule has 3 nitrogen and oxygen atoms in total. The topological polar surface area (TPSA) is 41.6 Å². The summed E-state index contributed by atoms with van der Waals surface area (Å²) in [6, 6.07) is 8.29. The van der Waals surface area contributed by atoms with Crippen LogP contribution >= 0.6 is 0 Å². The van der Waals surface area contributed by atoms with Gasteiger partial charge in [0.1, 0.15) is 5.82 Å². The summed E-state index contributed by atoms with van der Waals surface area (Å²) in [6.45, 7) is 1.87. The van der Waals surface area contributed by atoms with E-state index in [0.29, 0.717) is 12.1 Å². The molecule has 2 aromatic rings. The Morgan fingerprint density at radius 3 is 3.00 bits per heavy atom. The van der Waals surface area contributed by atoms with Crippen molar-refractivity contribution in [1.29, 1.82) is 5.26 Å². The first-order valence-electron chi connectivity index (χ1n) is 4.89. The molecule has 0 amide bonds. The van der Waals surface area contributed by atoms with Gasteiger partial charge in [0.25, 0.3) is 0 Å². The summed E-state index contributed by atoms with van der Waals surface area (Å²) in [5.41, 5.74) is 2.40. The predicted octanol–water partition coefficient (Wildman–Crippen LogP) is 2.39. The summed E-state index contributed by atoms with van der Waals surface area (Å²) in [5, 5.41) is 12.8. The second-order valence-corrected chi connectivity index (χ2v) is 3.48. The van der Waals surface area contributed by atoms with Gasteiger partial charge in [-0.15, -0.1) is 0 Å². The van der Waals surface area contributed by atoms with Crippen molar-refractivity contribution >= 4 is 0 Å². The number of halogens is 1. The summed E-state index contributed by atoms with van der Waals surface area (Å²) >= 11 is 0. The Hall–Kier alpha value is -2.15. The van der Waals surface area contributed by atoms with E-state index in [1.807, 2.05) is 6.92 Å². The molecule has 0 atom stereocenters. The smallest absolute Gasteiger partial charge is 0.125 e. The Kier molecular flexibility index (Phi) is 2.69. The highest BCUT2D eigenvalue weighted by molar-refractivity contribution is 5.35. The molecular weight excluding hydrogens is 205 g/mol. The Bertz CT molecular complexity index is 552. The maximum absolute atomic E-state index is 13.0. The van der Waals surface area contributed by atoms with Crippen molar-refractivity contribution in [3.63, 3.8) is 0 Å². The minimum absolute atomic E-state index is 0.297. The van der Waals surface area contributed by atoms with Crippen LogP contribution in [0.4, 0.5) is 4.39 Å². The van der Waals surface area contributed by atoms with E-state index in [4.69, 9.17) is 5.26 Å². The first-order valence-corrected chi connectivity index (χ1v) is 4.89. The van der Waals surface area contributed by atoms with E-state index in [1.165, 1.54) is 12.1 Å². The number of hydrogen-bond acceptors (Lipinski definition) is 2. The van der Waals surface area contributed by atoms with Crippen LogP contribution in [0.1, 0.15) is 11.3 Å². The largest absolute Gasteiger partial charge is 0.238 e. The van der Waals surface area contributed by atoms with Gasteiger partial charge in [-0.3, -0.25) is 0 Å². The first kappa shape index (κ1) is 10.4. The third-order valence-electron chi connectivity index (χ3n) is 2.43. The van der Waals surface area contributed by atoms with Crippen LogP contribution in [0.5, 0.6) is 0 Å². The SMILES string of the molecule is Cc1c(CC#N)cnn1-c1cccc(F)c1. The van der Waals surface area contributed by atoms with Crippen molar-refractivity contribution < 1.29 is 4.39 Å². The molecule has 0 N–H and O–H groups in total. The zero-order valence-corrected chi connectivity index (χ0v) is 8.81. The number of rotatable bonds is 2. The lowest BCUT2D eigenvalue weighted by molar-refractivity contribution is 0.625. The Balaban J connectivity index is 2.46. The molecule has 0 saturated heterocycles. The fourth-order valence-electron chi connectivity index (χ4n) is 1.57. The van der Waals surface area contributed by atoms with Crippen LogP contribution in [0.2, 0.25) is 0 Å². The lowest BCUT2D eigenvalue weighted by Crippen LogP contribution is -1.99. The Morgan fingerprint density at radius 2 is 2.31 bits per heavy atom. The second-order valence-electron chi connectivity index (χ2n) is 3.48.